The van der Waals surface area contributed by atoms with Gasteiger partial charge in [-0.3, -0.25) is 4.79 Å². The number of hydrogen-bond acceptors (Lipinski definition) is 6. The lowest BCUT2D eigenvalue weighted by molar-refractivity contribution is -0.155. The quantitative estimate of drug-likeness (QED) is 0.659. The molecule has 0 aromatic heterocycles. The number of hydrogen-bond donors (Lipinski definition) is 1. The molecule has 0 bridgehead atoms. The van der Waals surface area contributed by atoms with Gasteiger partial charge >= 0.3 is 5.97 Å². The van der Waals surface area contributed by atoms with Crippen molar-refractivity contribution in [3.63, 3.8) is 0 Å². The average Bonchev–Trinajstić information content (AvgIpc) is 2.74. The smallest absolute Gasteiger partial charge is 0.331 e. The molecule has 5 nitrogen and oxygen atoms in total. The molecular formula is C21H29NO4S2. The van der Waals surface area contributed by atoms with Crippen molar-refractivity contribution < 1.29 is 19.1 Å². The van der Waals surface area contributed by atoms with Crippen molar-refractivity contribution in [1.29, 1.82) is 0 Å². The SMILES string of the molecule is CCOC(=O)C1(NC(=O)COc2ccc(C3SCCCS3)cc2)CCCCC1. The fourth-order valence-corrected chi connectivity index (χ4v) is 6.55. The predicted octanol–water partition coefficient (Wildman–Crippen LogP) is 4.32. The zero-order chi connectivity index (χ0) is 19.8. The van der Waals surface area contributed by atoms with E-state index in [1.165, 1.54) is 23.5 Å². The van der Waals surface area contributed by atoms with Crippen LogP contribution in [0.15, 0.2) is 24.3 Å². The van der Waals surface area contributed by atoms with Crippen LogP contribution in [-0.4, -0.2) is 42.1 Å². The summed E-state index contributed by atoms with van der Waals surface area (Å²) < 4.78 is 11.4. The number of benzene rings is 1. The molecule has 2 aliphatic rings. The topological polar surface area (TPSA) is 64.6 Å². The van der Waals surface area contributed by atoms with Crippen LogP contribution in [-0.2, 0) is 14.3 Å². The summed E-state index contributed by atoms with van der Waals surface area (Å²) in [6.45, 7) is 2.00. The molecular weight excluding hydrogens is 394 g/mol. The third-order valence-corrected chi connectivity index (χ3v) is 8.12. The van der Waals surface area contributed by atoms with Crippen LogP contribution in [0.2, 0.25) is 0 Å². The van der Waals surface area contributed by atoms with Gasteiger partial charge in [0, 0.05) is 0 Å². The molecule has 1 saturated heterocycles. The zero-order valence-electron chi connectivity index (χ0n) is 16.4. The Bertz CT molecular complexity index is 653. The Kier molecular flexibility index (Phi) is 7.97. The van der Waals surface area contributed by atoms with Crippen LogP contribution >= 0.6 is 23.5 Å². The summed E-state index contributed by atoms with van der Waals surface area (Å²) in [5.74, 6) is 2.47. The second-order valence-electron chi connectivity index (χ2n) is 7.20. The molecule has 0 unspecified atom stereocenters. The fourth-order valence-electron chi connectivity index (χ4n) is 3.66. The van der Waals surface area contributed by atoms with Crippen molar-refractivity contribution in [2.24, 2.45) is 0 Å². The molecule has 1 N–H and O–H groups in total. The zero-order valence-corrected chi connectivity index (χ0v) is 18.0. The van der Waals surface area contributed by atoms with Gasteiger partial charge in [-0.25, -0.2) is 4.79 Å². The van der Waals surface area contributed by atoms with Crippen LogP contribution in [0.25, 0.3) is 0 Å². The summed E-state index contributed by atoms with van der Waals surface area (Å²) in [5.41, 5.74) is 0.392. The van der Waals surface area contributed by atoms with E-state index in [0.29, 0.717) is 29.8 Å². The van der Waals surface area contributed by atoms with Gasteiger partial charge in [0.2, 0.25) is 0 Å². The summed E-state index contributed by atoms with van der Waals surface area (Å²) in [6, 6.07) is 7.98. The van der Waals surface area contributed by atoms with Crippen molar-refractivity contribution in [2.45, 2.75) is 55.6 Å². The van der Waals surface area contributed by atoms with Crippen LogP contribution < -0.4 is 10.1 Å². The number of carbonyl (C=O) groups is 2. The van der Waals surface area contributed by atoms with Crippen LogP contribution in [0, 0.1) is 0 Å². The minimum atomic E-state index is -0.895. The van der Waals surface area contributed by atoms with Crippen LogP contribution in [0.1, 0.15) is 55.6 Å². The van der Waals surface area contributed by atoms with Gasteiger partial charge in [0.1, 0.15) is 11.3 Å². The van der Waals surface area contributed by atoms with Gasteiger partial charge < -0.3 is 14.8 Å². The minimum absolute atomic E-state index is 0.104. The highest BCUT2D eigenvalue weighted by Crippen LogP contribution is 2.43. The number of ether oxygens (including phenoxy) is 2. The van der Waals surface area contributed by atoms with Gasteiger partial charge in [-0.1, -0.05) is 31.4 Å². The molecule has 1 aliphatic heterocycles. The maximum Gasteiger partial charge on any atom is 0.331 e. The van der Waals surface area contributed by atoms with Gasteiger partial charge in [-0.2, -0.15) is 0 Å². The van der Waals surface area contributed by atoms with E-state index in [1.807, 2.05) is 35.7 Å². The molecule has 1 aliphatic carbocycles. The maximum atomic E-state index is 12.5. The Morgan fingerprint density at radius 2 is 1.75 bits per heavy atom. The molecule has 154 valence electrons. The van der Waals surface area contributed by atoms with Crippen molar-refractivity contribution >= 4 is 35.4 Å². The van der Waals surface area contributed by atoms with Gasteiger partial charge in [-0.15, -0.1) is 23.5 Å². The molecule has 28 heavy (non-hydrogen) atoms. The molecule has 1 amide bonds. The van der Waals surface area contributed by atoms with Crippen LogP contribution in [0.3, 0.4) is 0 Å². The molecule has 1 aromatic rings. The number of carbonyl (C=O) groups excluding carboxylic acids is 2. The van der Waals surface area contributed by atoms with Gasteiger partial charge in [0.25, 0.3) is 5.91 Å². The molecule has 0 spiro atoms. The van der Waals surface area contributed by atoms with E-state index in [1.54, 1.807) is 6.92 Å². The molecule has 3 rings (SSSR count). The van der Waals surface area contributed by atoms with E-state index in [-0.39, 0.29) is 18.5 Å². The number of rotatable bonds is 7. The standard InChI is InChI=1S/C21H29NO4S2/c1-2-25-20(24)21(11-4-3-5-12-21)22-18(23)15-26-17-9-7-16(8-10-17)19-27-13-6-14-28-19/h7-10,19H,2-6,11-15H2,1H3,(H,22,23). The first kappa shape index (κ1) is 21.4. The monoisotopic (exact) mass is 423 g/mol. The van der Waals surface area contributed by atoms with E-state index in [9.17, 15) is 9.59 Å². The van der Waals surface area contributed by atoms with Crippen LogP contribution in [0.4, 0.5) is 0 Å². The van der Waals surface area contributed by atoms with Gasteiger partial charge in [-0.05, 0) is 55.4 Å². The Hall–Kier alpha value is -1.34. The van der Waals surface area contributed by atoms with E-state index in [4.69, 9.17) is 9.47 Å². The summed E-state index contributed by atoms with van der Waals surface area (Å²) in [6.07, 6.45) is 5.44. The van der Waals surface area contributed by atoms with E-state index in [0.717, 1.165) is 19.3 Å². The van der Waals surface area contributed by atoms with Gasteiger partial charge in [0.15, 0.2) is 6.61 Å². The second-order valence-corrected chi connectivity index (χ2v) is 9.92. The van der Waals surface area contributed by atoms with E-state index >= 15 is 0 Å². The largest absolute Gasteiger partial charge is 0.484 e. The van der Waals surface area contributed by atoms with Crippen molar-refractivity contribution in [3.8, 4) is 5.75 Å². The third kappa shape index (κ3) is 5.60. The Morgan fingerprint density at radius 3 is 2.39 bits per heavy atom. The first-order valence-corrected chi connectivity index (χ1v) is 12.2. The van der Waals surface area contributed by atoms with Crippen molar-refractivity contribution in [1.82, 2.24) is 5.32 Å². The highest BCUT2D eigenvalue weighted by atomic mass is 32.2. The summed E-state index contributed by atoms with van der Waals surface area (Å²) in [5, 5.41) is 2.91. The third-order valence-electron chi connectivity index (χ3n) is 5.10. The highest BCUT2D eigenvalue weighted by Gasteiger charge is 2.42. The Morgan fingerprint density at radius 1 is 1.07 bits per heavy atom. The molecule has 1 heterocycles. The lowest BCUT2D eigenvalue weighted by Gasteiger charge is -2.35. The number of thioether (sulfide) groups is 2. The minimum Gasteiger partial charge on any atom is -0.484 e. The molecule has 7 heteroatoms. The van der Waals surface area contributed by atoms with Crippen molar-refractivity contribution in [3.05, 3.63) is 29.8 Å². The highest BCUT2D eigenvalue weighted by molar-refractivity contribution is 8.16. The molecule has 0 radical (unpaired) electrons. The van der Waals surface area contributed by atoms with Gasteiger partial charge in [0.05, 0.1) is 11.2 Å². The van der Waals surface area contributed by atoms with E-state index in [2.05, 4.69) is 17.4 Å². The first-order chi connectivity index (χ1) is 13.6. The summed E-state index contributed by atoms with van der Waals surface area (Å²) in [4.78, 5) is 24.9. The molecule has 1 saturated carbocycles. The molecule has 0 atom stereocenters. The molecule has 2 fully saturated rings. The maximum absolute atomic E-state index is 12.5. The normalized spacial score (nSPS) is 19.6. The summed E-state index contributed by atoms with van der Waals surface area (Å²) >= 11 is 3.96. The lowest BCUT2D eigenvalue weighted by Crippen LogP contribution is -2.57. The number of nitrogens with one attached hydrogen (secondary N) is 1. The fraction of sp³-hybridized carbons (Fsp3) is 0.619. The summed E-state index contributed by atoms with van der Waals surface area (Å²) in [7, 11) is 0. The Labute approximate surface area is 175 Å². The average molecular weight is 424 g/mol. The van der Waals surface area contributed by atoms with E-state index < -0.39 is 5.54 Å². The first-order valence-electron chi connectivity index (χ1n) is 10.1. The molecule has 1 aromatic carbocycles. The number of amides is 1. The van der Waals surface area contributed by atoms with Crippen molar-refractivity contribution in [2.75, 3.05) is 24.7 Å². The lowest BCUT2D eigenvalue weighted by atomic mass is 9.81. The van der Waals surface area contributed by atoms with Crippen LogP contribution in [0.5, 0.6) is 5.75 Å². The second kappa shape index (κ2) is 10.4. The predicted molar refractivity (Wildman–Crippen MR) is 115 cm³/mol. The number of esters is 1. The Balaban J connectivity index is 1.53.